The Kier molecular flexibility index (Phi) is 3.85. The molecule has 0 amide bonds. The molecule has 0 radical (unpaired) electrons. The third-order valence-corrected chi connectivity index (χ3v) is 2.68. The Labute approximate surface area is 111 Å². The average Bonchev–Trinajstić information content (AvgIpc) is 2.71. The second-order valence-corrected chi connectivity index (χ2v) is 4.19. The number of ether oxygens (including phenoxy) is 1. The Morgan fingerprint density at radius 3 is 2.63 bits per heavy atom. The maximum Gasteiger partial charge on any atom is 0.309 e. The fraction of sp³-hybridized carbons (Fsp3) is 0.286. The normalized spacial score (nSPS) is 10.4. The van der Waals surface area contributed by atoms with Crippen LogP contribution in [-0.4, -0.2) is 27.2 Å². The molecule has 19 heavy (non-hydrogen) atoms. The SMILES string of the molecule is CCOc1ccc(-c2nc(CC(=O)O)cn2C)cc1. The van der Waals surface area contributed by atoms with E-state index < -0.39 is 5.97 Å². The Balaban J connectivity index is 2.25. The summed E-state index contributed by atoms with van der Waals surface area (Å²) in [5.74, 6) is 0.682. The molecule has 0 bridgehead atoms. The minimum Gasteiger partial charge on any atom is -0.494 e. The first-order chi connectivity index (χ1) is 9.10. The largest absolute Gasteiger partial charge is 0.494 e. The third kappa shape index (κ3) is 3.13. The second-order valence-electron chi connectivity index (χ2n) is 4.19. The molecule has 0 fully saturated rings. The zero-order chi connectivity index (χ0) is 13.8. The van der Waals surface area contributed by atoms with Crippen LogP contribution in [-0.2, 0) is 18.3 Å². The molecule has 0 spiro atoms. The van der Waals surface area contributed by atoms with Crippen LogP contribution in [0.1, 0.15) is 12.6 Å². The van der Waals surface area contributed by atoms with Gasteiger partial charge in [0, 0.05) is 18.8 Å². The van der Waals surface area contributed by atoms with Crippen LogP contribution in [0.4, 0.5) is 0 Å². The fourth-order valence-corrected chi connectivity index (χ4v) is 1.90. The number of nitrogens with zero attached hydrogens (tertiary/aromatic N) is 2. The number of aliphatic carboxylic acids is 1. The number of aromatic nitrogens is 2. The van der Waals surface area contributed by atoms with Crippen molar-refractivity contribution < 1.29 is 14.6 Å². The quantitative estimate of drug-likeness (QED) is 0.894. The Morgan fingerprint density at radius 1 is 1.37 bits per heavy atom. The van der Waals surface area contributed by atoms with Crippen molar-refractivity contribution in [2.45, 2.75) is 13.3 Å². The van der Waals surface area contributed by atoms with E-state index in [4.69, 9.17) is 9.84 Å². The van der Waals surface area contributed by atoms with Gasteiger partial charge in [0.15, 0.2) is 0 Å². The van der Waals surface area contributed by atoms with Gasteiger partial charge in [-0.3, -0.25) is 4.79 Å². The molecule has 1 heterocycles. The highest BCUT2D eigenvalue weighted by atomic mass is 16.5. The van der Waals surface area contributed by atoms with E-state index in [2.05, 4.69) is 4.98 Å². The molecule has 2 rings (SSSR count). The molecule has 1 aromatic carbocycles. The lowest BCUT2D eigenvalue weighted by molar-refractivity contribution is -0.136. The number of aryl methyl sites for hydroxylation is 1. The molecule has 0 aliphatic heterocycles. The summed E-state index contributed by atoms with van der Waals surface area (Å²) >= 11 is 0. The van der Waals surface area contributed by atoms with Crippen LogP contribution in [0.2, 0.25) is 0 Å². The Bertz CT molecular complexity index is 573. The van der Waals surface area contributed by atoms with E-state index in [0.717, 1.165) is 17.1 Å². The average molecular weight is 260 g/mol. The first-order valence-electron chi connectivity index (χ1n) is 6.07. The summed E-state index contributed by atoms with van der Waals surface area (Å²) in [6.45, 7) is 2.56. The van der Waals surface area contributed by atoms with Gasteiger partial charge in [0.2, 0.25) is 0 Å². The molecule has 100 valence electrons. The summed E-state index contributed by atoms with van der Waals surface area (Å²) in [4.78, 5) is 15.0. The van der Waals surface area contributed by atoms with Gasteiger partial charge in [-0.25, -0.2) is 4.98 Å². The lowest BCUT2D eigenvalue weighted by atomic mass is 10.2. The van der Waals surface area contributed by atoms with Gasteiger partial charge >= 0.3 is 5.97 Å². The number of hydrogen-bond donors (Lipinski definition) is 1. The third-order valence-electron chi connectivity index (χ3n) is 2.68. The summed E-state index contributed by atoms with van der Waals surface area (Å²) in [5, 5.41) is 8.77. The zero-order valence-corrected chi connectivity index (χ0v) is 11.0. The Hall–Kier alpha value is -2.30. The van der Waals surface area contributed by atoms with E-state index >= 15 is 0 Å². The van der Waals surface area contributed by atoms with Crippen molar-refractivity contribution in [1.29, 1.82) is 0 Å². The molecular weight excluding hydrogens is 244 g/mol. The van der Waals surface area contributed by atoms with Crippen LogP contribution in [0.15, 0.2) is 30.5 Å². The van der Waals surface area contributed by atoms with Crippen molar-refractivity contribution in [3.63, 3.8) is 0 Å². The second kappa shape index (κ2) is 5.56. The maximum atomic E-state index is 10.7. The van der Waals surface area contributed by atoms with Crippen LogP contribution in [0.5, 0.6) is 5.75 Å². The number of imidazole rings is 1. The molecule has 1 N–H and O–H groups in total. The topological polar surface area (TPSA) is 64.3 Å². The lowest BCUT2D eigenvalue weighted by Crippen LogP contribution is -1.99. The first kappa shape index (κ1) is 13.1. The maximum absolute atomic E-state index is 10.7. The van der Waals surface area contributed by atoms with Crippen molar-refractivity contribution in [2.75, 3.05) is 6.61 Å². The standard InChI is InChI=1S/C14H16N2O3/c1-3-19-12-6-4-10(5-7-12)14-15-11(8-13(17)18)9-16(14)2/h4-7,9H,3,8H2,1-2H3,(H,17,18). The number of carboxylic acid groups (broad SMARTS) is 1. The summed E-state index contributed by atoms with van der Waals surface area (Å²) in [7, 11) is 1.85. The molecule has 0 saturated carbocycles. The molecule has 0 saturated heterocycles. The molecular formula is C14H16N2O3. The predicted octanol–water partition coefficient (Wildman–Crippen LogP) is 2.11. The summed E-state index contributed by atoms with van der Waals surface area (Å²) in [6, 6.07) is 7.59. The van der Waals surface area contributed by atoms with Crippen molar-refractivity contribution in [1.82, 2.24) is 9.55 Å². The van der Waals surface area contributed by atoms with E-state index in [9.17, 15) is 4.79 Å². The minimum atomic E-state index is -0.878. The number of hydrogen-bond acceptors (Lipinski definition) is 3. The summed E-state index contributed by atoms with van der Waals surface area (Å²) in [6.07, 6.45) is 1.67. The van der Waals surface area contributed by atoms with Crippen molar-refractivity contribution in [3.05, 3.63) is 36.2 Å². The van der Waals surface area contributed by atoms with Crippen LogP contribution in [0.25, 0.3) is 11.4 Å². The van der Waals surface area contributed by atoms with Gasteiger partial charge < -0.3 is 14.4 Å². The van der Waals surface area contributed by atoms with Crippen LogP contribution >= 0.6 is 0 Å². The smallest absolute Gasteiger partial charge is 0.309 e. The van der Waals surface area contributed by atoms with E-state index in [0.29, 0.717) is 12.3 Å². The number of carbonyl (C=O) groups is 1. The molecule has 1 aromatic heterocycles. The van der Waals surface area contributed by atoms with Gasteiger partial charge in [-0.1, -0.05) is 0 Å². The summed E-state index contributed by atoms with van der Waals surface area (Å²) < 4.78 is 7.21. The highest BCUT2D eigenvalue weighted by Gasteiger charge is 2.10. The molecule has 0 aliphatic carbocycles. The first-order valence-corrected chi connectivity index (χ1v) is 6.07. The molecule has 5 heteroatoms. The van der Waals surface area contributed by atoms with Crippen molar-refractivity contribution in [3.8, 4) is 17.1 Å². The number of rotatable bonds is 5. The van der Waals surface area contributed by atoms with Crippen molar-refractivity contribution in [2.24, 2.45) is 7.05 Å². The highest BCUT2D eigenvalue weighted by molar-refractivity contribution is 5.70. The number of carboxylic acids is 1. The van der Waals surface area contributed by atoms with E-state index in [1.165, 1.54) is 0 Å². The van der Waals surface area contributed by atoms with E-state index in [-0.39, 0.29) is 6.42 Å². The van der Waals surface area contributed by atoms with Gasteiger partial charge in [0.25, 0.3) is 0 Å². The molecule has 0 atom stereocenters. The van der Waals surface area contributed by atoms with E-state index in [1.54, 1.807) is 6.20 Å². The van der Waals surface area contributed by atoms with Crippen LogP contribution < -0.4 is 4.74 Å². The highest BCUT2D eigenvalue weighted by Crippen LogP contribution is 2.21. The van der Waals surface area contributed by atoms with Gasteiger partial charge in [0.1, 0.15) is 11.6 Å². The van der Waals surface area contributed by atoms with Crippen molar-refractivity contribution >= 4 is 5.97 Å². The lowest BCUT2D eigenvalue weighted by Gasteiger charge is -2.04. The van der Waals surface area contributed by atoms with Crippen LogP contribution in [0, 0.1) is 0 Å². The van der Waals surface area contributed by atoms with Gasteiger partial charge in [0.05, 0.1) is 18.7 Å². The molecule has 0 aliphatic rings. The Morgan fingerprint density at radius 2 is 2.05 bits per heavy atom. The van der Waals surface area contributed by atoms with Gasteiger partial charge in [-0.2, -0.15) is 0 Å². The van der Waals surface area contributed by atoms with Crippen LogP contribution in [0.3, 0.4) is 0 Å². The monoisotopic (exact) mass is 260 g/mol. The molecule has 0 unspecified atom stereocenters. The zero-order valence-electron chi connectivity index (χ0n) is 11.0. The van der Waals surface area contributed by atoms with E-state index in [1.807, 2.05) is 42.8 Å². The predicted molar refractivity (Wildman–Crippen MR) is 71.2 cm³/mol. The molecule has 5 nitrogen and oxygen atoms in total. The summed E-state index contributed by atoms with van der Waals surface area (Å²) in [5.41, 5.74) is 1.49. The molecule has 2 aromatic rings. The number of benzene rings is 1. The fourth-order valence-electron chi connectivity index (χ4n) is 1.90. The van der Waals surface area contributed by atoms with Gasteiger partial charge in [-0.15, -0.1) is 0 Å². The van der Waals surface area contributed by atoms with Gasteiger partial charge in [-0.05, 0) is 31.2 Å². The minimum absolute atomic E-state index is 0.0646.